The highest BCUT2D eigenvalue weighted by Crippen LogP contribution is 2.36. The first-order valence-electron chi connectivity index (χ1n) is 12.0. The molecule has 2 aliphatic rings. The molecular formula is C28H26F3N3O2. The number of alkyl halides is 3. The SMILES string of the molecule is O=C1c2ccccc2C(=O)N1Cc1ccc(CCN2CCN(c3ccccc3C(F)(F)F)CC2)cc1. The molecule has 1 saturated heterocycles. The average molecular weight is 494 g/mol. The van der Waals surface area contributed by atoms with Crippen LogP contribution in [0.5, 0.6) is 0 Å². The van der Waals surface area contributed by atoms with E-state index >= 15 is 0 Å². The second kappa shape index (κ2) is 9.78. The van der Waals surface area contributed by atoms with Crippen molar-refractivity contribution in [1.82, 2.24) is 9.80 Å². The molecule has 5 rings (SSSR count). The van der Waals surface area contributed by atoms with E-state index in [4.69, 9.17) is 0 Å². The molecule has 186 valence electrons. The number of nitrogens with zero attached hydrogens (tertiary/aromatic N) is 3. The van der Waals surface area contributed by atoms with Gasteiger partial charge in [0, 0.05) is 38.4 Å². The van der Waals surface area contributed by atoms with Crippen molar-refractivity contribution in [2.45, 2.75) is 19.1 Å². The molecule has 0 aromatic heterocycles. The maximum absolute atomic E-state index is 13.4. The van der Waals surface area contributed by atoms with Gasteiger partial charge in [0.2, 0.25) is 0 Å². The molecule has 3 aromatic rings. The van der Waals surface area contributed by atoms with Crippen LogP contribution < -0.4 is 4.90 Å². The lowest BCUT2D eigenvalue weighted by atomic mass is 10.1. The number of hydrogen-bond acceptors (Lipinski definition) is 4. The number of fused-ring (bicyclic) bond motifs is 1. The quantitative estimate of drug-likeness (QED) is 0.460. The minimum Gasteiger partial charge on any atom is -0.368 e. The molecule has 2 amide bonds. The lowest BCUT2D eigenvalue weighted by molar-refractivity contribution is -0.137. The summed E-state index contributed by atoms with van der Waals surface area (Å²) < 4.78 is 40.1. The van der Waals surface area contributed by atoms with Gasteiger partial charge in [0.25, 0.3) is 11.8 Å². The van der Waals surface area contributed by atoms with Crippen molar-refractivity contribution in [1.29, 1.82) is 0 Å². The van der Waals surface area contributed by atoms with Gasteiger partial charge in [-0.25, -0.2) is 0 Å². The molecule has 2 aliphatic heterocycles. The van der Waals surface area contributed by atoms with Crippen LogP contribution in [0, 0.1) is 0 Å². The zero-order valence-corrected chi connectivity index (χ0v) is 19.7. The van der Waals surface area contributed by atoms with Crippen molar-refractivity contribution in [2.24, 2.45) is 0 Å². The Kier molecular flexibility index (Phi) is 6.53. The summed E-state index contributed by atoms with van der Waals surface area (Å²) in [6.07, 6.45) is -3.55. The predicted octanol–water partition coefficient (Wildman–Crippen LogP) is 4.87. The summed E-state index contributed by atoms with van der Waals surface area (Å²) in [5.41, 5.74) is 2.57. The van der Waals surface area contributed by atoms with E-state index < -0.39 is 11.7 Å². The standard InChI is InChI=1S/C28H26F3N3O2/c29-28(30,31)24-7-3-4-8-25(24)33-17-15-32(16-18-33)14-13-20-9-11-21(12-10-20)19-34-26(35)22-5-1-2-6-23(22)27(34)36/h1-12H,13-19H2. The number of halogens is 3. The van der Waals surface area contributed by atoms with Crippen molar-refractivity contribution >= 4 is 17.5 Å². The molecule has 3 aromatic carbocycles. The van der Waals surface area contributed by atoms with Gasteiger partial charge in [-0.3, -0.25) is 19.4 Å². The van der Waals surface area contributed by atoms with Gasteiger partial charge in [-0.15, -0.1) is 0 Å². The second-order valence-electron chi connectivity index (χ2n) is 9.15. The summed E-state index contributed by atoms with van der Waals surface area (Å²) in [7, 11) is 0. The van der Waals surface area contributed by atoms with Crippen LogP contribution in [0.2, 0.25) is 0 Å². The van der Waals surface area contributed by atoms with Crippen molar-refractivity contribution in [3.63, 3.8) is 0 Å². The van der Waals surface area contributed by atoms with Gasteiger partial charge in [0.1, 0.15) is 0 Å². The lowest BCUT2D eigenvalue weighted by Gasteiger charge is -2.37. The maximum Gasteiger partial charge on any atom is 0.418 e. The highest BCUT2D eigenvalue weighted by molar-refractivity contribution is 6.21. The number of carbonyl (C=O) groups excluding carboxylic acids is 2. The number of benzene rings is 3. The Balaban J connectivity index is 1.13. The second-order valence-corrected chi connectivity index (χ2v) is 9.15. The monoisotopic (exact) mass is 493 g/mol. The third kappa shape index (κ3) is 4.86. The molecule has 2 heterocycles. The fourth-order valence-electron chi connectivity index (χ4n) is 4.87. The molecule has 0 atom stereocenters. The third-order valence-electron chi connectivity index (χ3n) is 6.88. The van der Waals surface area contributed by atoms with Gasteiger partial charge < -0.3 is 4.90 Å². The Hall–Kier alpha value is -3.65. The Morgan fingerprint density at radius 2 is 1.25 bits per heavy atom. The first-order valence-corrected chi connectivity index (χ1v) is 12.0. The van der Waals surface area contributed by atoms with Gasteiger partial charge in [-0.1, -0.05) is 48.5 Å². The fourth-order valence-corrected chi connectivity index (χ4v) is 4.87. The van der Waals surface area contributed by atoms with Gasteiger partial charge in [-0.2, -0.15) is 13.2 Å². The molecule has 0 N–H and O–H groups in total. The molecule has 5 nitrogen and oxygen atoms in total. The summed E-state index contributed by atoms with van der Waals surface area (Å²) in [4.78, 5) is 30.5. The van der Waals surface area contributed by atoms with Crippen LogP contribution in [-0.4, -0.2) is 54.3 Å². The first kappa shape index (κ1) is 24.1. The van der Waals surface area contributed by atoms with Gasteiger partial charge in [0.15, 0.2) is 0 Å². The molecule has 0 bridgehead atoms. The number of para-hydroxylation sites is 1. The topological polar surface area (TPSA) is 43.9 Å². The Bertz CT molecular complexity index is 1230. The number of hydrogen-bond donors (Lipinski definition) is 0. The highest BCUT2D eigenvalue weighted by atomic mass is 19.4. The number of amides is 2. The minimum atomic E-state index is -4.36. The van der Waals surface area contributed by atoms with Crippen LogP contribution in [0.25, 0.3) is 0 Å². The fraction of sp³-hybridized carbons (Fsp3) is 0.286. The van der Waals surface area contributed by atoms with Crippen LogP contribution in [-0.2, 0) is 19.1 Å². The van der Waals surface area contributed by atoms with Crippen LogP contribution in [0.15, 0.2) is 72.8 Å². The molecule has 1 fully saturated rings. The van der Waals surface area contributed by atoms with E-state index in [1.54, 1.807) is 36.4 Å². The van der Waals surface area contributed by atoms with E-state index in [1.165, 1.54) is 11.0 Å². The zero-order valence-electron chi connectivity index (χ0n) is 19.7. The lowest BCUT2D eigenvalue weighted by Crippen LogP contribution is -2.47. The molecule has 0 radical (unpaired) electrons. The van der Waals surface area contributed by atoms with Crippen molar-refractivity contribution in [3.8, 4) is 0 Å². The molecule has 8 heteroatoms. The Labute approximate surface area is 207 Å². The Morgan fingerprint density at radius 3 is 1.86 bits per heavy atom. The number of imide groups is 1. The van der Waals surface area contributed by atoms with E-state index in [1.807, 2.05) is 29.2 Å². The normalized spacial score (nSPS) is 16.5. The van der Waals surface area contributed by atoms with E-state index in [2.05, 4.69) is 4.90 Å². The molecule has 0 aliphatic carbocycles. The van der Waals surface area contributed by atoms with E-state index in [0.717, 1.165) is 30.2 Å². The number of carbonyl (C=O) groups is 2. The summed E-state index contributed by atoms with van der Waals surface area (Å²) in [6.45, 7) is 3.53. The summed E-state index contributed by atoms with van der Waals surface area (Å²) >= 11 is 0. The predicted molar refractivity (Wildman–Crippen MR) is 131 cm³/mol. The van der Waals surface area contributed by atoms with Crippen molar-refractivity contribution in [2.75, 3.05) is 37.6 Å². The van der Waals surface area contributed by atoms with E-state index in [9.17, 15) is 22.8 Å². The van der Waals surface area contributed by atoms with Crippen molar-refractivity contribution in [3.05, 3.63) is 101 Å². The number of anilines is 1. The maximum atomic E-state index is 13.4. The Morgan fingerprint density at radius 1 is 0.694 bits per heavy atom. The molecule has 0 unspecified atom stereocenters. The summed E-state index contributed by atoms with van der Waals surface area (Å²) in [5, 5.41) is 0. The summed E-state index contributed by atoms with van der Waals surface area (Å²) in [6, 6.07) is 20.5. The van der Waals surface area contributed by atoms with E-state index in [0.29, 0.717) is 37.3 Å². The van der Waals surface area contributed by atoms with Crippen LogP contribution in [0.4, 0.5) is 18.9 Å². The van der Waals surface area contributed by atoms with Gasteiger partial charge in [-0.05, 0) is 41.8 Å². The number of rotatable bonds is 6. The van der Waals surface area contributed by atoms with Crippen LogP contribution in [0.1, 0.15) is 37.4 Å². The van der Waals surface area contributed by atoms with Crippen LogP contribution in [0.3, 0.4) is 0 Å². The van der Waals surface area contributed by atoms with Gasteiger partial charge in [0.05, 0.1) is 23.2 Å². The number of piperazine rings is 1. The first-order chi connectivity index (χ1) is 17.3. The summed E-state index contributed by atoms with van der Waals surface area (Å²) in [5.74, 6) is -0.534. The average Bonchev–Trinajstić information content (AvgIpc) is 3.13. The van der Waals surface area contributed by atoms with E-state index in [-0.39, 0.29) is 24.0 Å². The van der Waals surface area contributed by atoms with Crippen LogP contribution >= 0.6 is 0 Å². The smallest absolute Gasteiger partial charge is 0.368 e. The molecular weight excluding hydrogens is 467 g/mol. The molecule has 36 heavy (non-hydrogen) atoms. The minimum absolute atomic E-state index is 0.230. The largest absolute Gasteiger partial charge is 0.418 e. The van der Waals surface area contributed by atoms with Crippen molar-refractivity contribution < 1.29 is 22.8 Å². The van der Waals surface area contributed by atoms with Gasteiger partial charge >= 0.3 is 6.18 Å². The molecule has 0 saturated carbocycles. The third-order valence-corrected chi connectivity index (χ3v) is 6.88. The molecule has 0 spiro atoms. The zero-order chi connectivity index (χ0) is 25.3. The highest BCUT2D eigenvalue weighted by Gasteiger charge is 2.36.